The molecule has 0 spiro atoms. The Morgan fingerprint density at radius 3 is 2.81 bits per heavy atom. The molecule has 1 atom stereocenters. The van der Waals surface area contributed by atoms with Crippen LogP contribution in [0, 0.1) is 0 Å². The van der Waals surface area contributed by atoms with Gasteiger partial charge in [0.05, 0.1) is 17.4 Å². The SMILES string of the molecule is CC(C)c1nn(C)c(NC2CCCc3ccccc32)c1N. The molecule has 0 saturated heterocycles. The van der Waals surface area contributed by atoms with Crippen molar-refractivity contribution in [1.29, 1.82) is 0 Å². The molecule has 0 fully saturated rings. The van der Waals surface area contributed by atoms with Crippen molar-refractivity contribution in [1.82, 2.24) is 9.78 Å². The van der Waals surface area contributed by atoms with Crippen molar-refractivity contribution in [3.8, 4) is 0 Å². The number of hydrogen-bond donors (Lipinski definition) is 2. The van der Waals surface area contributed by atoms with Crippen LogP contribution in [-0.2, 0) is 13.5 Å². The highest BCUT2D eigenvalue weighted by Crippen LogP contribution is 2.35. The number of nitrogens with one attached hydrogen (secondary N) is 1. The Kier molecular flexibility index (Phi) is 3.62. The number of anilines is 2. The fraction of sp³-hybridized carbons (Fsp3) is 0.471. The molecule has 1 unspecified atom stereocenters. The van der Waals surface area contributed by atoms with E-state index in [1.54, 1.807) is 0 Å². The number of nitrogen functional groups attached to an aromatic ring is 1. The van der Waals surface area contributed by atoms with Crippen molar-refractivity contribution in [3.05, 3.63) is 41.1 Å². The van der Waals surface area contributed by atoms with Crippen molar-refractivity contribution in [2.45, 2.75) is 45.1 Å². The molecule has 0 saturated carbocycles. The lowest BCUT2D eigenvalue weighted by molar-refractivity contribution is 0.592. The summed E-state index contributed by atoms with van der Waals surface area (Å²) < 4.78 is 1.88. The van der Waals surface area contributed by atoms with E-state index < -0.39 is 0 Å². The molecule has 0 bridgehead atoms. The second-order valence-corrected chi connectivity index (χ2v) is 6.21. The summed E-state index contributed by atoms with van der Waals surface area (Å²) in [5, 5.41) is 8.18. The summed E-state index contributed by atoms with van der Waals surface area (Å²) in [6, 6.07) is 9.02. The zero-order chi connectivity index (χ0) is 15.0. The topological polar surface area (TPSA) is 55.9 Å². The predicted octanol–water partition coefficient (Wildman–Crippen LogP) is 3.62. The maximum absolute atomic E-state index is 6.30. The Morgan fingerprint density at radius 2 is 2.10 bits per heavy atom. The van der Waals surface area contributed by atoms with Gasteiger partial charge in [0.1, 0.15) is 5.82 Å². The third-order valence-corrected chi connectivity index (χ3v) is 4.34. The van der Waals surface area contributed by atoms with E-state index in [4.69, 9.17) is 5.73 Å². The van der Waals surface area contributed by atoms with Gasteiger partial charge in [-0.05, 0) is 36.3 Å². The van der Waals surface area contributed by atoms with Crippen LogP contribution in [0.4, 0.5) is 11.5 Å². The minimum Gasteiger partial charge on any atom is -0.394 e. The maximum Gasteiger partial charge on any atom is 0.148 e. The van der Waals surface area contributed by atoms with Gasteiger partial charge in [-0.3, -0.25) is 4.68 Å². The van der Waals surface area contributed by atoms with Crippen molar-refractivity contribution in [2.24, 2.45) is 7.05 Å². The van der Waals surface area contributed by atoms with Gasteiger partial charge in [0.25, 0.3) is 0 Å². The van der Waals surface area contributed by atoms with Gasteiger partial charge in [-0.1, -0.05) is 38.1 Å². The van der Waals surface area contributed by atoms with Gasteiger partial charge >= 0.3 is 0 Å². The Morgan fingerprint density at radius 1 is 1.33 bits per heavy atom. The number of fused-ring (bicyclic) bond motifs is 1. The molecule has 1 aliphatic carbocycles. The molecule has 4 nitrogen and oxygen atoms in total. The number of aryl methyl sites for hydroxylation is 2. The summed E-state index contributed by atoms with van der Waals surface area (Å²) in [5.74, 6) is 1.28. The van der Waals surface area contributed by atoms with E-state index >= 15 is 0 Å². The van der Waals surface area contributed by atoms with Gasteiger partial charge in [0.15, 0.2) is 0 Å². The molecule has 21 heavy (non-hydrogen) atoms. The minimum atomic E-state index is 0.327. The zero-order valence-electron chi connectivity index (χ0n) is 13.1. The molecule has 4 heteroatoms. The second-order valence-electron chi connectivity index (χ2n) is 6.21. The van der Waals surface area contributed by atoms with E-state index in [2.05, 4.69) is 48.5 Å². The number of hydrogen-bond acceptors (Lipinski definition) is 3. The molecule has 0 radical (unpaired) electrons. The maximum atomic E-state index is 6.30. The molecule has 1 aromatic heterocycles. The molecule has 112 valence electrons. The van der Waals surface area contributed by atoms with Crippen LogP contribution in [0.3, 0.4) is 0 Å². The fourth-order valence-corrected chi connectivity index (χ4v) is 3.23. The average molecular weight is 284 g/mol. The molecule has 1 heterocycles. The van der Waals surface area contributed by atoms with Crippen LogP contribution < -0.4 is 11.1 Å². The molecule has 3 N–H and O–H groups in total. The molecular formula is C17H24N4. The molecule has 3 rings (SSSR count). The lowest BCUT2D eigenvalue weighted by Gasteiger charge is -2.27. The van der Waals surface area contributed by atoms with Gasteiger partial charge in [-0.25, -0.2) is 0 Å². The quantitative estimate of drug-likeness (QED) is 0.905. The summed E-state index contributed by atoms with van der Waals surface area (Å²) in [7, 11) is 1.96. The van der Waals surface area contributed by atoms with Crippen molar-refractivity contribution < 1.29 is 0 Å². The normalized spacial score (nSPS) is 17.8. The third kappa shape index (κ3) is 2.50. The highest BCUT2D eigenvalue weighted by molar-refractivity contribution is 5.66. The smallest absolute Gasteiger partial charge is 0.148 e. The van der Waals surface area contributed by atoms with Gasteiger partial charge in [0, 0.05) is 7.05 Å². The van der Waals surface area contributed by atoms with Gasteiger partial charge < -0.3 is 11.1 Å². The van der Waals surface area contributed by atoms with Crippen LogP contribution in [0.15, 0.2) is 24.3 Å². The Balaban J connectivity index is 1.92. The van der Waals surface area contributed by atoms with Crippen LogP contribution in [0.2, 0.25) is 0 Å². The first kappa shape index (κ1) is 14.0. The first-order valence-corrected chi connectivity index (χ1v) is 7.74. The summed E-state index contributed by atoms with van der Waals surface area (Å²) >= 11 is 0. The van der Waals surface area contributed by atoms with Crippen LogP contribution in [0.25, 0.3) is 0 Å². The number of aromatic nitrogens is 2. The monoisotopic (exact) mass is 284 g/mol. The predicted molar refractivity (Wildman–Crippen MR) is 87.5 cm³/mol. The number of benzene rings is 1. The highest BCUT2D eigenvalue weighted by atomic mass is 15.3. The molecule has 1 aliphatic rings. The second kappa shape index (κ2) is 5.43. The largest absolute Gasteiger partial charge is 0.394 e. The van der Waals surface area contributed by atoms with Gasteiger partial charge in [-0.15, -0.1) is 0 Å². The lowest BCUT2D eigenvalue weighted by atomic mass is 9.88. The highest BCUT2D eigenvalue weighted by Gasteiger charge is 2.23. The van der Waals surface area contributed by atoms with E-state index in [0.29, 0.717) is 12.0 Å². The average Bonchev–Trinajstić information content (AvgIpc) is 2.76. The van der Waals surface area contributed by atoms with Crippen LogP contribution in [-0.4, -0.2) is 9.78 Å². The zero-order valence-corrected chi connectivity index (χ0v) is 13.1. The van der Waals surface area contributed by atoms with E-state index in [-0.39, 0.29) is 0 Å². The molecule has 0 aliphatic heterocycles. The fourth-order valence-electron chi connectivity index (χ4n) is 3.23. The summed E-state index contributed by atoms with van der Waals surface area (Å²) in [6.45, 7) is 4.25. The number of rotatable bonds is 3. The molecule has 0 amide bonds. The van der Waals surface area contributed by atoms with Crippen LogP contribution in [0.1, 0.15) is 55.5 Å². The summed E-state index contributed by atoms with van der Waals surface area (Å²) in [5.41, 5.74) is 10.9. The molecule has 2 aromatic rings. The van der Waals surface area contributed by atoms with Crippen molar-refractivity contribution >= 4 is 11.5 Å². The Hall–Kier alpha value is -1.97. The van der Waals surface area contributed by atoms with E-state index in [0.717, 1.165) is 23.6 Å². The van der Waals surface area contributed by atoms with Gasteiger partial charge in [-0.2, -0.15) is 5.10 Å². The van der Waals surface area contributed by atoms with Crippen molar-refractivity contribution in [3.63, 3.8) is 0 Å². The van der Waals surface area contributed by atoms with Crippen LogP contribution in [0.5, 0.6) is 0 Å². The number of nitrogens with two attached hydrogens (primary N) is 1. The standard InChI is InChI=1S/C17H24N4/c1-11(2)16-15(18)17(21(3)20-16)19-14-10-6-8-12-7-4-5-9-13(12)14/h4-5,7,9,11,14,19H,6,8,10,18H2,1-3H3. The van der Waals surface area contributed by atoms with Crippen LogP contribution >= 0.6 is 0 Å². The lowest BCUT2D eigenvalue weighted by Crippen LogP contribution is -2.19. The van der Waals surface area contributed by atoms with E-state index in [1.165, 1.54) is 24.0 Å². The summed E-state index contributed by atoms with van der Waals surface area (Å²) in [6.07, 6.45) is 3.52. The minimum absolute atomic E-state index is 0.327. The Labute approximate surface area is 126 Å². The molecular weight excluding hydrogens is 260 g/mol. The van der Waals surface area contributed by atoms with Crippen molar-refractivity contribution in [2.75, 3.05) is 11.1 Å². The van der Waals surface area contributed by atoms with E-state index in [9.17, 15) is 0 Å². The molecule has 1 aromatic carbocycles. The van der Waals surface area contributed by atoms with Gasteiger partial charge in [0.2, 0.25) is 0 Å². The summed E-state index contributed by atoms with van der Waals surface area (Å²) in [4.78, 5) is 0. The first-order valence-electron chi connectivity index (χ1n) is 7.74. The number of nitrogens with zero attached hydrogens (tertiary/aromatic N) is 2. The Bertz CT molecular complexity index is 642. The van der Waals surface area contributed by atoms with E-state index in [1.807, 2.05) is 11.7 Å². The third-order valence-electron chi connectivity index (χ3n) is 4.34. The first-order chi connectivity index (χ1) is 10.1.